The average Bonchev–Trinajstić information content (AvgIpc) is 2.96. The second kappa shape index (κ2) is 13.9. The Bertz CT molecular complexity index is 1260. The summed E-state index contributed by atoms with van der Waals surface area (Å²) in [5.41, 5.74) is 1.47. The summed E-state index contributed by atoms with van der Waals surface area (Å²) < 4.78 is 71.1. The highest BCUT2D eigenvalue weighted by atomic mass is 19.2. The van der Waals surface area contributed by atoms with Crippen molar-refractivity contribution in [3.8, 4) is 22.3 Å². The zero-order valence-electron chi connectivity index (χ0n) is 22.6. The molecular weight excluding hydrogens is 504 g/mol. The van der Waals surface area contributed by atoms with Gasteiger partial charge in [0.25, 0.3) is 0 Å². The molecule has 0 spiro atoms. The third-order valence-electron chi connectivity index (χ3n) is 7.28. The van der Waals surface area contributed by atoms with Crippen molar-refractivity contribution in [2.75, 3.05) is 13.2 Å². The fourth-order valence-corrected chi connectivity index (χ4v) is 4.93. The zero-order valence-corrected chi connectivity index (χ0v) is 22.6. The quantitative estimate of drug-likeness (QED) is 0.137. The van der Waals surface area contributed by atoms with Crippen molar-refractivity contribution < 1.29 is 27.0 Å². The van der Waals surface area contributed by atoms with Crippen LogP contribution in [0.15, 0.2) is 60.7 Å². The predicted molar refractivity (Wildman–Crippen MR) is 147 cm³/mol. The Balaban J connectivity index is 1.46. The van der Waals surface area contributed by atoms with Crippen molar-refractivity contribution in [2.24, 2.45) is 5.92 Å². The molecule has 2 nitrogen and oxygen atoms in total. The summed E-state index contributed by atoms with van der Waals surface area (Å²) in [7, 11) is 0. The lowest BCUT2D eigenvalue weighted by Crippen LogP contribution is -2.27. The van der Waals surface area contributed by atoms with Crippen LogP contribution in [0.1, 0.15) is 69.8 Å². The van der Waals surface area contributed by atoms with Gasteiger partial charge in [0.15, 0.2) is 29.6 Å². The maximum Gasteiger partial charge on any atom is 0.186 e. The Morgan fingerprint density at radius 3 is 1.97 bits per heavy atom. The number of unbranched alkanes of at least 4 members (excludes halogenated alkanes) is 3. The van der Waals surface area contributed by atoms with Crippen molar-refractivity contribution in [3.63, 3.8) is 0 Å². The molecule has 0 atom stereocenters. The molecule has 0 aromatic heterocycles. The lowest BCUT2D eigenvalue weighted by atomic mass is 9.96. The molecule has 4 rings (SSSR count). The summed E-state index contributed by atoms with van der Waals surface area (Å²) in [6.45, 7) is 4.91. The molecule has 208 valence electrons. The van der Waals surface area contributed by atoms with E-state index in [9.17, 15) is 8.78 Å². The van der Waals surface area contributed by atoms with E-state index in [1.165, 1.54) is 12.1 Å². The van der Waals surface area contributed by atoms with Crippen molar-refractivity contribution in [1.82, 2.24) is 0 Å². The van der Waals surface area contributed by atoms with Gasteiger partial charge in [0, 0.05) is 22.6 Å². The molecule has 0 bridgehead atoms. The fourth-order valence-electron chi connectivity index (χ4n) is 4.93. The maximum atomic E-state index is 15.1. The highest BCUT2D eigenvalue weighted by Crippen LogP contribution is 2.35. The standard InChI is InChI=1S/C33H36F4O2/c1-3-5-7-9-11-25-16-17-26(30(35)29(25)34)23-12-14-24(15-13-23)27-18-19-28(32(37)31(27)36)33-38-20-22(21-39-33)10-8-6-4-2/h4,6,12-19,22,33H,3,5,7-11,20-21H2,1-2H3/b6-4+. The number of aryl methyl sites for hydroxylation is 1. The van der Waals surface area contributed by atoms with Gasteiger partial charge in [-0.1, -0.05) is 86.9 Å². The first-order chi connectivity index (χ1) is 18.9. The van der Waals surface area contributed by atoms with Crippen LogP contribution in [0.5, 0.6) is 0 Å². The second-order valence-corrected chi connectivity index (χ2v) is 10.1. The van der Waals surface area contributed by atoms with Gasteiger partial charge in [-0.15, -0.1) is 0 Å². The van der Waals surface area contributed by atoms with E-state index < -0.39 is 29.6 Å². The summed E-state index contributed by atoms with van der Waals surface area (Å²) in [5.74, 6) is -3.53. The van der Waals surface area contributed by atoms with Crippen LogP contribution in [0.3, 0.4) is 0 Å². The van der Waals surface area contributed by atoms with Gasteiger partial charge in [-0.25, -0.2) is 17.6 Å². The van der Waals surface area contributed by atoms with Gasteiger partial charge in [-0.2, -0.15) is 0 Å². The summed E-state index contributed by atoms with van der Waals surface area (Å²) in [6.07, 6.45) is 9.38. The molecule has 1 aliphatic heterocycles. The summed E-state index contributed by atoms with van der Waals surface area (Å²) in [4.78, 5) is 0. The topological polar surface area (TPSA) is 18.5 Å². The summed E-state index contributed by atoms with van der Waals surface area (Å²) >= 11 is 0. The number of rotatable bonds is 11. The largest absolute Gasteiger partial charge is 0.348 e. The second-order valence-electron chi connectivity index (χ2n) is 10.1. The Hall–Kier alpha value is -2.96. The molecule has 0 N–H and O–H groups in total. The van der Waals surface area contributed by atoms with Crippen LogP contribution in [0.4, 0.5) is 17.6 Å². The number of benzene rings is 3. The Labute approximate surface area is 228 Å². The van der Waals surface area contributed by atoms with Gasteiger partial charge in [0.2, 0.25) is 0 Å². The number of ether oxygens (including phenoxy) is 2. The minimum Gasteiger partial charge on any atom is -0.348 e. The van der Waals surface area contributed by atoms with Crippen molar-refractivity contribution >= 4 is 0 Å². The molecule has 1 heterocycles. The third kappa shape index (κ3) is 6.98. The van der Waals surface area contributed by atoms with E-state index in [0.29, 0.717) is 36.3 Å². The van der Waals surface area contributed by atoms with Crippen molar-refractivity contribution in [2.45, 2.75) is 65.1 Å². The van der Waals surface area contributed by atoms with Gasteiger partial charge in [-0.3, -0.25) is 0 Å². The first-order valence-corrected chi connectivity index (χ1v) is 13.8. The molecule has 0 radical (unpaired) electrons. The van der Waals surface area contributed by atoms with Crippen LogP contribution in [-0.4, -0.2) is 13.2 Å². The zero-order chi connectivity index (χ0) is 27.8. The molecule has 39 heavy (non-hydrogen) atoms. The van der Waals surface area contributed by atoms with Gasteiger partial charge >= 0.3 is 0 Å². The number of allylic oxidation sites excluding steroid dienone is 2. The minimum atomic E-state index is -1.02. The van der Waals surface area contributed by atoms with Crippen LogP contribution in [0.25, 0.3) is 22.3 Å². The van der Waals surface area contributed by atoms with Crippen molar-refractivity contribution in [1.29, 1.82) is 0 Å². The maximum absolute atomic E-state index is 15.1. The molecule has 3 aromatic carbocycles. The van der Waals surface area contributed by atoms with E-state index in [4.69, 9.17) is 9.47 Å². The smallest absolute Gasteiger partial charge is 0.186 e. The molecule has 1 fully saturated rings. The van der Waals surface area contributed by atoms with E-state index in [-0.39, 0.29) is 22.6 Å². The molecule has 1 aliphatic rings. The SMILES string of the molecule is C/C=C/CCC1COC(c2ccc(-c3ccc(-c4ccc(CCCCCC)c(F)c4F)cc3)c(F)c2F)OC1. The van der Waals surface area contributed by atoms with E-state index in [2.05, 4.69) is 13.0 Å². The van der Waals surface area contributed by atoms with Crippen LogP contribution in [-0.2, 0) is 15.9 Å². The monoisotopic (exact) mass is 540 g/mol. The highest BCUT2D eigenvalue weighted by molar-refractivity contribution is 5.71. The molecule has 6 heteroatoms. The molecule has 3 aromatic rings. The van der Waals surface area contributed by atoms with E-state index in [1.807, 2.05) is 13.0 Å². The molecule has 0 aliphatic carbocycles. The van der Waals surface area contributed by atoms with Gasteiger partial charge < -0.3 is 9.47 Å². The molecule has 0 amide bonds. The number of halogens is 4. The first kappa shape index (κ1) is 29.0. The van der Waals surface area contributed by atoms with Crippen LogP contribution >= 0.6 is 0 Å². The lowest BCUT2D eigenvalue weighted by Gasteiger charge is -2.29. The average molecular weight is 541 g/mol. The van der Waals surface area contributed by atoms with E-state index in [1.54, 1.807) is 36.4 Å². The predicted octanol–water partition coefficient (Wildman–Crippen LogP) is 9.72. The normalized spacial score (nSPS) is 17.7. The molecule has 0 saturated carbocycles. The number of hydrogen-bond donors (Lipinski definition) is 0. The van der Waals surface area contributed by atoms with Gasteiger partial charge in [0.05, 0.1) is 13.2 Å². The van der Waals surface area contributed by atoms with Gasteiger partial charge in [-0.05, 0) is 49.3 Å². The molecular formula is C33H36F4O2. The third-order valence-corrected chi connectivity index (χ3v) is 7.28. The van der Waals surface area contributed by atoms with Crippen LogP contribution < -0.4 is 0 Å². The highest BCUT2D eigenvalue weighted by Gasteiger charge is 2.28. The minimum absolute atomic E-state index is 0.0205. The number of hydrogen-bond acceptors (Lipinski definition) is 2. The lowest BCUT2D eigenvalue weighted by molar-refractivity contribution is -0.207. The summed E-state index contributed by atoms with van der Waals surface area (Å²) in [6, 6.07) is 12.5. The Morgan fingerprint density at radius 2 is 1.36 bits per heavy atom. The fraction of sp³-hybridized carbons (Fsp3) is 0.394. The Morgan fingerprint density at radius 1 is 0.744 bits per heavy atom. The molecule has 0 unspecified atom stereocenters. The van der Waals surface area contributed by atoms with Crippen LogP contribution in [0, 0.1) is 29.2 Å². The Kier molecular flexibility index (Phi) is 10.4. The van der Waals surface area contributed by atoms with Gasteiger partial charge in [0.1, 0.15) is 0 Å². The van der Waals surface area contributed by atoms with E-state index >= 15 is 8.78 Å². The van der Waals surface area contributed by atoms with Crippen LogP contribution in [0.2, 0.25) is 0 Å². The van der Waals surface area contributed by atoms with E-state index in [0.717, 1.165) is 38.5 Å². The summed E-state index contributed by atoms with van der Waals surface area (Å²) in [5, 5.41) is 0. The first-order valence-electron chi connectivity index (χ1n) is 13.8. The molecule has 1 saturated heterocycles. The van der Waals surface area contributed by atoms with Crippen molar-refractivity contribution in [3.05, 3.63) is 95.1 Å².